The normalized spacial score (nSPS) is 38.1. The average molecular weight is 322 g/mol. The zero-order valence-electron chi connectivity index (χ0n) is 16.2. The van der Waals surface area contributed by atoms with Crippen LogP contribution in [0.25, 0.3) is 0 Å². The van der Waals surface area contributed by atoms with E-state index in [9.17, 15) is 9.59 Å². The van der Waals surface area contributed by atoms with Crippen LogP contribution in [0.5, 0.6) is 0 Å². The molecule has 1 saturated carbocycles. The maximum Gasteiger partial charge on any atom is 0.235 e. The van der Waals surface area contributed by atoms with Crippen molar-refractivity contribution in [1.82, 2.24) is 4.90 Å². The fourth-order valence-electron chi connectivity index (χ4n) is 5.25. The van der Waals surface area contributed by atoms with E-state index in [1.54, 1.807) is 7.05 Å². The van der Waals surface area contributed by atoms with Crippen LogP contribution < -0.4 is 0 Å². The molecular formula is C20H35NO2. The Labute approximate surface area is 142 Å². The first-order valence-electron chi connectivity index (χ1n) is 9.36. The van der Waals surface area contributed by atoms with Crippen molar-refractivity contribution in [3.05, 3.63) is 0 Å². The lowest BCUT2D eigenvalue weighted by molar-refractivity contribution is -0.193. The van der Waals surface area contributed by atoms with E-state index in [-0.39, 0.29) is 28.1 Å². The van der Waals surface area contributed by atoms with Gasteiger partial charge in [-0.1, -0.05) is 54.4 Å². The van der Waals surface area contributed by atoms with Gasteiger partial charge in [-0.3, -0.25) is 14.5 Å². The van der Waals surface area contributed by atoms with Crippen LogP contribution in [0.3, 0.4) is 0 Å². The number of piperidine rings is 1. The Morgan fingerprint density at radius 2 is 1.61 bits per heavy atom. The molecule has 2 amide bonds. The predicted octanol–water partition coefficient (Wildman–Crippen LogP) is 4.79. The summed E-state index contributed by atoms with van der Waals surface area (Å²) in [6.07, 6.45) is 6.82. The second kappa shape index (κ2) is 5.60. The van der Waals surface area contributed by atoms with Crippen LogP contribution in [0.4, 0.5) is 0 Å². The summed E-state index contributed by atoms with van der Waals surface area (Å²) in [4.78, 5) is 27.5. The van der Waals surface area contributed by atoms with Crippen molar-refractivity contribution in [2.75, 3.05) is 7.05 Å². The third-order valence-electron chi connectivity index (χ3n) is 7.79. The summed E-state index contributed by atoms with van der Waals surface area (Å²) in [7, 11) is 1.70. The van der Waals surface area contributed by atoms with Crippen molar-refractivity contribution in [3.8, 4) is 0 Å². The number of rotatable bonds is 5. The van der Waals surface area contributed by atoms with E-state index in [0.717, 1.165) is 44.9 Å². The Kier molecular flexibility index (Phi) is 4.50. The van der Waals surface area contributed by atoms with Crippen LogP contribution in [0, 0.1) is 21.7 Å². The summed E-state index contributed by atoms with van der Waals surface area (Å²) in [5.41, 5.74) is -0.518. The van der Waals surface area contributed by atoms with Crippen molar-refractivity contribution in [3.63, 3.8) is 0 Å². The quantitative estimate of drug-likeness (QED) is 0.682. The summed E-state index contributed by atoms with van der Waals surface area (Å²) in [6.45, 7) is 13.3. The molecule has 2 rings (SSSR count). The van der Waals surface area contributed by atoms with Crippen molar-refractivity contribution >= 4 is 11.8 Å². The van der Waals surface area contributed by atoms with Gasteiger partial charge >= 0.3 is 0 Å². The first-order valence-corrected chi connectivity index (χ1v) is 9.36. The monoisotopic (exact) mass is 321 g/mol. The SMILES string of the molecule is CCC(C)(CC)CC1(C)CC2(CCC2(C)CC)C(=O)N(C)C1=O. The summed E-state index contributed by atoms with van der Waals surface area (Å²) < 4.78 is 0. The molecule has 0 aromatic heterocycles. The molecule has 1 spiro atoms. The average Bonchev–Trinajstić information content (AvgIpc) is 2.54. The van der Waals surface area contributed by atoms with Crippen molar-refractivity contribution < 1.29 is 9.59 Å². The zero-order chi connectivity index (χ0) is 17.7. The number of carbonyl (C=O) groups excluding carboxylic acids is 2. The second-order valence-corrected chi connectivity index (χ2v) is 9.10. The fourth-order valence-corrected chi connectivity index (χ4v) is 5.25. The van der Waals surface area contributed by atoms with Gasteiger partial charge in [-0.2, -0.15) is 0 Å². The lowest BCUT2D eigenvalue weighted by atomic mass is 9.43. The molecule has 2 aliphatic rings. The molecule has 0 aromatic rings. The molecule has 0 N–H and O–H groups in total. The van der Waals surface area contributed by atoms with Gasteiger partial charge in [0, 0.05) is 12.5 Å². The molecule has 1 saturated heterocycles. The van der Waals surface area contributed by atoms with E-state index in [0.29, 0.717) is 0 Å². The topological polar surface area (TPSA) is 37.4 Å². The molecule has 23 heavy (non-hydrogen) atoms. The molecule has 3 atom stereocenters. The van der Waals surface area contributed by atoms with E-state index in [1.165, 1.54) is 4.90 Å². The number of nitrogens with zero attached hydrogens (tertiary/aromatic N) is 1. The Bertz CT molecular complexity index is 506. The van der Waals surface area contributed by atoms with Gasteiger partial charge in [0.1, 0.15) is 0 Å². The maximum absolute atomic E-state index is 13.0. The highest BCUT2D eigenvalue weighted by Crippen LogP contribution is 2.66. The molecule has 1 aliphatic carbocycles. The Hall–Kier alpha value is -0.860. The molecule has 3 unspecified atom stereocenters. The lowest BCUT2D eigenvalue weighted by Crippen LogP contribution is -2.67. The van der Waals surface area contributed by atoms with Gasteiger partial charge in [-0.15, -0.1) is 0 Å². The van der Waals surface area contributed by atoms with Gasteiger partial charge in [0.25, 0.3) is 0 Å². The van der Waals surface area contributed by atoms with Crippen molar-refractivity contribution in [2.45, 2.75) is 86.5 Å². The first kappa shape index (κ1) is 18.5. The molecule has 2 fully saturated rings. The molecule has 3 heteroatoms. The Morgan fingerprint density at radius 1 is 1.04 bits per heavy atom. The predicted molar refractivity (Wildman–Crippen MR) is 93.9 cm³/mol. The zero-order valence-corrected chi connectivity index (χ0v) is 16.2. The van der Waals surface area contributed by atoms with Gasteiger partial charge in [-0.25, -0.2) is 0 Å². The van der Waals surface area contributed by atoms with Crippen molar-refractivity contribution in [2.24, 2.45) is 21.7 Å². The van der Waals surface area contributed by atoms with Crippen LogP contribution >= 0.6 is 0 Å². The van der Waals surface area contributed by atoms with Gasteiger partial charge < -0.3 is 0 Å². The molecular weight excluding hydrogens is 286 g/mol. The van der Waals surface area contributed by atoms with E-state index < -0.39 is 5.41 Å². The molecule has 1 heterocycles. The highest BCUT2D eigenvalue weighted by atomic mass is 16.2. The van der Waals surface area contributed by atoms with E-state index in [1.807, 2.05) is 0 Å². The standard InChI is InChI=1S/C20H35NO2/c1-8-17(4,9-2)13-18(5)14-20(12-11-19(20,6)10-3)16(23)21(7)15(18)22/h8-14H2,1-7H3. The Morgan fingerprint density at radius 3 is 2.00 bits per heavy atom. The minimum atomic E-state index is -0.416. The van der Waals surface area contributed by atoms with Gasteiger partial charge in [0.05, 0.1) is 5.41 Å². The number of likely N-dealkylation sites (tertiary alicyclic amines) is 1. The molecule has 3 nitrogen and oxygen atoms in total. The summed E-state index contributed by atoms with van der Waals surface area (Å²) >= 11 is 0. The molecule has 0 bridgehead atoms. The number of hydrogen-bond donors (Lipinski definition) is 0. The number of hydrogen-bond acceptors (Lipinski definition) is 2. The maximum atomic E-state index is 13.0. The van der Waals surface area contributed by atoms with Crippen LogP contribution in [0.2, 0.25) is 0 Å². The first-order chi connectivity index (χ1) is 10.5. The van der Waals surface area contributed by atoms with E-state index in [2.05, 4.69) is 41.5 Å². The molecule has 0 radical (unpaired) electrons. The lowest BCUT2D eigenvalue weighted by Gasteiger charge is -2.63. The van der Waals surface area contributed by atoms with Crippen LogP contribution in [0.1, 0.15) is 86.5 Å². The third kappa shape index (κ3) is 2.46. The highest BCUT2D eigenvalue weighted by Gasteiger charge is 2.67. The summed E-state index contributed by atoms with van der Waals surface area (Å²) in [6, 6.07) is 0. The minimum Gasteiger partial charge on any atom is -0.285 e. The molecule has 1 aliphatic heterocycles. The molecule has 0 aromatic carbocycles. The largest absolute Gasteiger partial charge is 0.285 e. The summed E-state index contributed by atoms with van der Waals surface area (Å²) in [5.74, 6) is 0.108. The van der Waals surface area contributed by atoms with E-state index >= 15 is 0 Å². The third-order valence-corrected chi connectivity index (χ3v) is 7.79. The van der Waals surface area contributed by atoms with Crippen LogP contribution in [-0.4, -0.2) is 23.8 Å². The van der Waals surface area contributed by atoms with Gasteiger partial charge in [-0.05, 0) is 42.9 Å². The number of carbonyl (C=O) groups is 2. The smallest absolute Gasteiger partial charge is 0.235 e. The van der Waals surface area contributed by atoms with Gasteiger partial charge in [0.2, 0.25) is 11.8 Å². The number of imide groups is 1. The minimum absolute atomic E-state index is 0.0339. The fraction of sp³-hybridized carbons (Fsp3) is 0.900. The Balaban J connectivity index is 2.42. The molecule has 132 valence electrons. The van der Waals surface area contributed by atoms with Crippen LogP contribution in [0.15, 0.2) is 0 Å². The van der Waals surface area contributed by atoms with Crippen LogP contribution in [-0.2, 0) is 9.59 Å². The number of amides is 2. The second-order valence-electron chi connectivity index (χ2n) is 9.10. The highest BCUT2D eigenvalue weighted by molar-refractivity contribution is 6.04. The van der Waals surface area contributed by atoms with E-state index in [4.69, 9.17) is 0 Å². The van der Waals surface area contributed by atoms with Crippen molar-refractivity contribution in [1.29, 1.82) is 0 Å². The van der Waals surface area contributed by atoms with Gasteiger partial charge in [0.15, 0.2) is 0 Å². The summed E-state index contributed by atoms with van der Waals surface area (Å²) in [5, 5.41) is 0.